The van der Waals surface area contributed by atoms with Crippen molar-refractivity contribution in [1.82, 2.24) is 0 Å². The highest BCUT2D eigenvalue weighted by molar-refractivity contribution is 5.79. The second kappa shape index (κ2) is 8.36. The molecule has 0 saturated carbocycles. The number of aliphatic hydroxyl groups excluding tert-OH is 2. The van der Waals surface area contributed by atoms with Gasteiger partial charge < -0.3 is 24.8 Å². The predicted molar refractivity (Wildman–Crippen MR) is 72.1 cm³/mol. The van der Waals surface area contributed by atoms with Crippen molar-refractivity contribution in [3.05, 3.63) is 12.2 Å². The maximum Gasteiger partial charge on any atom is 0.327 e. The molecule has 1 heterocycles. The third kappa shape index (κ3) is 6.00. The highest BCUT2D eigenvalue weighted by Gasteiger charge is 2.35. The normalized spacial score (nSPS) is 32.4. The molecule has 1 aliphatic heterocycles. The number of unbranched alkanes of at least 4 members (excludes halogenated alkanes) is 1. The highest BCUT2D eigenvalue weighted by Crippen LogP contribution is 2.22. The zero-order valence-electron chi connectivity index (χ0n) is 11.9. The lowest BCUT2D eigenvalue weighted by molar-refractivity contribution is -0.273. The van der Waals surface area contributed by atoms with Crippen molar-refractivity contribution < 1.29 is 29.6 Å². The Balaban J connectivity index is 2.24. The summed E-state index contributed by atoms with van der Waals surface area (Å²) < 4.78 is 11.1. The summed E-state index contributed by atoms with van der Waals surface area (Å²) in [6.07, 6.45) is 2.55. The number of carboxylic acid groups (broad SMARTS) is 1. The monoisotopic (exact) mass is 288 g/mol. The third-order valence-electron chi connectivity index (χ3n) is 3.30. The minimum Gasteiger partial charge on any atom is -0.478 e. The summed E-state index contributed by atoms with van der Waals surface area (Å²) >= 11 is 0. The Labute approximate surface area is 119 Å². The molecule has 0 bridgehead atoms. The lowest BCUT2D eigenvalue weighted by atomic mass is 10.0. The molecular formula is C14H24O6. The number of aliphatic hydroxyl groups is 2. The number of hydrogen-bond acceptors (Lipinski definition) is 5. The van der Waals surface area contributed by atoms with Crippen LogP contribution in [0.4, 0.5) is 0 Å². The molecule has 20 heavy (non-hydrogen) atoms. The van der Waals surface area contributed by atoms with E-state index >= 15 is 0 Å². The fourth-order valence-corrected chi connectivity index (χ4v) is 2.07. The smallest absolute Gasteiger partial charge is 0.327 e. The average molecular weight is 288 g/mol. The molecule has 1 saturated heterocycles. The van der Waals surface area contributed by atoms with Crippen LogP contribution in [0.2, 0.25) is 0 Å². The number of carboxylic acids is 1. The molecule has 0 radical (unpaired) electrons. The van der Waals surface area contributed by atoms with E-state index in [0.717, 1.165) is 18.9 Å². The van der Waals surface area contributed by atoms with Gasteiger partial charge in [-0.25, -0.2) is 4.79 Å². The van der Waals surface area contributed by atoms with E-state index in [1.165, 1.54) is 0 Å². The van der Waals surface area contributed by atoms with E-state index < -0.39 is 24.5 Å². The number of ether oxygens (including phenoxy) is 2. The summed E-state index contributed by atoms with van der Waals surface area (Å²) in [7, 11) is 0. The first-order chi connectivity index (χ1) is 9.40. The van der Waals surface area contributed by atoms with Crippen LogP contribution in [0.3, 0.4) is 0 Å². The molecule has 5 atom stereocenters. The molecule has 0 aromatic rings. The Hall–Kier alpha value is -0.950. The lowest BCUT2D eigenvalue weighted by Crippen LogP contribution is -2.48. The highest BCUT2D eigenvalue weighted by atomic mass is 16.7. The van der Waals surface area contributed by atoms with Crippen LogP contribution in [0.1, 0.15) is 39.5 Å². The number of allylic oxidation sites excluding steroid dienone is 1. The summed E-state index contributed by atoms with van der Waals surface area (Å²) in [4.78, 5) is 10.3. The van der Waals surface area contributed by atoms with Crippen molar-refractivity contribution >= 4 is 5.97 Å². The van der Waals surface area contributed by atoms with Gasteiger partial charge in [0.15, 0.2) is 6.29 Å². The van der Waals surface area contributed by atoms with Crippen LogP contribution >= 0.6 is 0 Å². The number of aliphatic carboxylic acids is 1. The van der Waals surface area contributed by atoms with E-state index in [-0.39, 0.29) is 18.6 Å². The second-order valence-corrected chi connectivity index (χ2v) is 5.20. The van der Waals surface area contributed by atoms with Crippen LogP contribution < -0.4 is 0 Å². The maximum absolute atomic E-state index is 10.3. The summed E-state index contributed by atoms with van der Waals surface area (Å²) in [5.41, 5.74) is 0. The molecule has 0 aromatic carbocycles. The van der Waals surface area contributed by atoms with Crippen LogP contribution in [0.5, 0.6) is 0 Å². The standard InChI is InChI=1S/C14H24O6/c1-9(6-4-3-5-7-13(17)18)19-14-12(16)8-11(15)10(2)20-14/h5,7,9-12,14-16H,3-4,6,8H2,1-2H3,(H,17,18)/b7-5+/t9-,10+,11-,12-,14-/m1/s1. The minimum absolute atomic E-state index is 0.102. The van der Waals surface area contributed by atoms with E-state index in [4.69, 9.17) is 14.6 Å². The fourth-order valence-electron chi connectivity index (χ4n) is 2.07. The molecule has 0 unspecified atom stereocenters. The van der Waals surface area contributed by atoms with Crippen molar-refractivity contribution in [3.63, 3.8) is 0 Å². The van der Waals surface area contributed by atoms with Gasteiger partial charge in [-0.15, -0.1) is 0 Å². The summed E-state index contributed by atoms with van der Waals surface area (Å²) in [6.45, 7) is 3.63. The van der Waals surface area contributed by atoms with Gasteiger partial charge in [0.1, 0.15) is 6.10 Å². The number of carbonyl (C=O) groups is 1. The van der Waals surface area contributed by atoms with E-state index in [1.54, 1.807) is 13.0 Å². The number of rotatable bonds is 7. The summed E-state index contributed by atoms with van der Waals surface area (Å²) in [5, 5.41) is 27.8. The lowest BCUT2D eigenvalue weighted by Gasteiger charge is -2.36. The first kappa shape index (κ1) is 17.1. The van der Waals surface area contributed by atoms with Crippen LogP contribution in [-0.2, 0) is 14.3 Å². The van der Waals surface area contributed by atoms with Gasteiger partial charge in [-0.1, -0.05) is 6.08 Å². The molecule has 6 heteroatoms. The van der Waals surface area contributed by atoms with Gasteiger partial charge in [0.25, 0.3) is 0 Å². The van der Waals surface area contributed by atoms with Crippen LogP contribution in [-0.4, -0.2) is 52.0 Å². The molecule has 0 aliphatic carbocycles. The van der Waals surface area contributed by atoms with Gasteiger partial charge in [-0.3, -0.25) is 0 Å². The fraction of sp³-hybridized carbons (Fsp3) is 0.786. The first-order valence-electron chi connectivity index (χ1n) is 6.96. The van der Waals surface area contributed by atoms with Gasteiger partial charge >= 0.3 is 5.97 Å². The van der Waals surface area contributed by atoms with Gasteiger partial charge in [-0.05, 0) is 33.1 Å². The third-order valence-corrected chi connectivity index (χ3v) is 3.30. The quantitative estimate of drug-likeness (QED) is 0.479. The van der Waals surface area contributed by atoms with Crippen LogP contribution in [0.15, 0.2) is 12.2 Å². The molecular weight excluding hydrogens is 264 g/mol. The average Bonchev–Trinajstić information content (AvgIpc) is 2.35. The molecule has 1 aliphatic rings. The minimum atomic E-state index is -0.944. The molecule has 0 amide bonds. The Morgan fingerprint density at radius 1 is 1.45 bits per heavy atom. The Bertz CT molecular complexity index is 330. The SMILES string of the molecule is C[C@H](CCC/C=C/C(=O)O)O[C@@H]1O[C@@H](C)[C@H](O)C[C@H]1O. The van der Waals surface area contributed by atoms with Crippen molar-refractivity contribution in [1.29, 1.82) is 0 Å². The topological polar surface area (TPSA) is 96.2 Å². The summed E-state index contributed by atoms with van der Waals surface area (Å²) in [6, 6.07) is 0. The molecule has 0 aromatic heterocycles. The summed E-state index contributed by atoms with van der Waals surface area (Å²) in [5.74, 6) is -0.944. The van der Waals surface area contributed by atoms with Crippen molar-refractivity contribution in [2.45, 2.75) is 70.2 Å². The van der Waals surface area contributed by atoms with E-state index in [1.807, 2.05) is 6.92 Å². The van der Waals surface area contributed by atoms with Crippen molar-refractivity contribution in [2.24, 2.45) is 0 Å². The van der Waals surface area contributed by atoms with Crippen LogP contribution in [0, 0.1) is 0 Å². The zero-order valence-corrected chi connectivity index (χ0v) is 11.9. The number of hydrogen-bond donors (Lipinski definition) is 3. The zero-order chi connectivity index (χ0) is 15.1. The molecule has 6 nitrogen and oxygen atoms in total. The molecule has 1 rings (SSSR count). The molecule has 116 valence electrons. The van der Waals surface area contributed by atoms with Crippen molar-refractivity contribution in [3.8, 4) is 0 Å². The van der Waals surface area contributed by atoms with E-state index in [2.05, 4.69) is 0 Å². The van der Waals surface area contributed by atoms with Crippen LogP contribution in [0.25, 0.3) is 0 Å². The van der Waals surface area contributed by atoms with Gasteiger partial charge in [0.05, 0.1) is 18.3 Å². The maximum atomic E-state index is 10.3. The Morgan fingerprint density at radius 3 is 2.80 bits per heavy atom. The Morgan fingerprint density at radius 2 is 2.15 bits per heavy atom. The first-order valence-corrected chi connectivity index (χ1v) is 6.96. The largest absolute Gasteiger partial charge is 0.478 e. The molecule has 3 N–H and O–H groups in total. The predicted octanol–water partition coefficient (Wildman–Crippen LogP) is 1.06. The van der Waals surface area contributed by atoms with Gasteiger partial charge in [0.2, 0.25) is 0 Å². The second-order valence-electron chi connectivity index (χ2n) is 5.20. The molecule has 1 fully saturated rings. The van der Waals surface area contributed by atoms with E-state index in [9.17, 15) is 15.0 Å². The molecule has 0 spiro atoms. The van der Waals surface area contributed by atoms with Gasteiger partial charge in [-0.2, -0.15) is 0 Å². The van der Waals surface area contributed by atoms with Crippen molar-refractivity contribution in [2.75, 3.05) is 0 Å². The van der Waals surface area contributed by atoms with E-state index in [0.29, 0.717) is 6.42 Å². The van der Waals surface area contributed by atoms with Gasteiger partial charge in [0, 0.05) is 12.5 Å². The Kier molecular flexibility index (Phi) is 7.15.